The van der Waals surface area contributed by atoms with Crippen LogP contribution in [0.5, 0.6) is 5.88 Å². The van der Waals surface area contributed by atoms with Crippen molar-refractivity contribution >= 4 is 17.7 Å². The van der Waals surface area contributed by atoms with Crippen molar-refractivity contribution in [1.29, 1.82) is 0 Å². The van der Waals surface area contributed by atoms with E-state index in [9.17, 15) is 9.59 Å². The molecule has 4 rings (SSSR count). The number of carboxylic acid groups (broad SMARTS) is 1. The third kappa shape index (κ3) is 4.17. The number of ether oxygens (including phenoxy) is 1. The first-order valence-corrected chi connectivity index (χ1v) is 10.6. The van der Waals surface area contributed by atoms with Crippen LogP contribution >= 0.6 is 0 Å². The van der Waals surface area contributed by atoms with E-state index in [1.54, 1.807) is 11.8 Å². The van der Waals surface area contributed by atoms with Crippen LogP contribution in [0.3, 0.4) is 0 Å². The second kappa shape index (κ2) is 8.45. The van der Waals surface area contributed by atoms with Crippen LogP contribution in [0.25, 0.3) is 0 Å². The van der Waals surface area contributed by atoms with Crippen molar-refractivity contribution in [3.05, 3.63) is 35.3 Å². The molecule has 3 N–H and O–H groups in total. The van der Waals surface area contributed by atoms with E-state index >= 15 is 0 Å². The molecule has 2 heterocycles. The Morgan fingerprint density at radius 2 is 2.07 bits per heavy atom. The lowest BCUT2D eigenvalue weighted by Crippen LogP contribution is -2.33. The van der Waals surface area contributed by atoms with E-state index in [-0.39, 0.29) is 29.6 Å². The van der Waals surface area contributed by atoms with Crippen LogP contribution in [0.1, 0.15) is 54.7 Å². The quantitative estimate of drug-likeness (QED) is 0.780. The van der Waals surface area contributed by atoms with E-state index < -0.39 is 5.97 Å². The third-order valence-corrected chi connectivity index (χ3v) is 6.41. The maximum absolute atomic E-state index is 13.1. The second-order valence-corrected chi connectivity index (χ2v) is 8.41. The molecule has 1 atom stereocenters. The number of nitrogen functional groups attached to an aromatic ring is 1. The number of aryl methyl sites for hydroxylation is 1. The van der Waals surface area contributed by atoms with Gasteiger partial charge in [0.1, 0.15) is 23.8 Å². The first-order valence-electron chi connectivity index (χ1n) is 10.6. The largest absolute Gasteiger partial charge is 0.481 e. The number of fused-ring (bicyclic) bond motifs is 1. The van der Waals surface area contributed by atoms with Crippen molar-refractivity contribution in [3.8, 4) is 5.88 Å². The highest BCUT2D eigenvalue weighted by atomic mass is 16.5. The lowest BCUT2D eigenvalue weighted by molar-refractivity contribution is -0.138. The molecule has 1 fully saturated rings. The molecule has 1 aliphatic heterocycles. The molecule has 0 bridgehead atoms. The summed E-state index contributed by atoms with van der Waals surface area (Å²) < 4.78 is 5.67. The third-order valence-electron chi connectivity index (χ3n) is 6.41. The summed E-state index contributed by atoms with van der Waals surface area (Å²) in [6.07, 6.45) is 11.6. The van der Waals surface area contributed by atoms with Gasteiger partial charge in [0.15, 0.2) is 0 Å². The summed E-state index contributed by atoms with van der Waals surface area (Å²) in [4.78, 5) is 34.1. The normalized spacial score (nSPS) is 26.4. The zero-order chi connectivity index (χ0) is 21.3. The van der Waals surface area contributed by atoms with Gasteiger partial charge < -0.3 is 20.5 Å². The van der Waals surface area contributed by atoms with Crippen LogP contribution in [0, 0.1) is 24.7 Å². The minimum Gasteiger partial charge on any atom is -0.481 e. The summed E-state index contributed by atoms with van der Waals surface area (Å²) >= 11 is 0. The lowest BCUT2D eigenvalue weighted by atomic mass is 9.73. The lowest BCUT2D eigenvalue weighted by Gasteiger charge is -2.33. The zero-order valence-corrected chi connectivity index (χ0v) is 17.2. The van der Waals surface area contributed by atoms with Crippen molar-refractivity contribution in [3.63, 3.8) is 0 Å². The van der Waals surface area contributed by atoms with Crippen LogP contribution in [-0.2, 0) is 4.79 Å². The summed E-state index contributed by atoms with van der Waals surface area (Å²) in [7, 11) is 0. The summed E-state index contributed by atoms with van der Waals surface area (Å²) in [6.45, 7) is 2.49. The van der Waals surface area contributed by atoms with E-state index in [1.165, 1.54) is 0 Å². The van der Waals surface area contributed by atoms with E-state index in [0.29, 0.717) is 36.7 Å². The Morgan fingerprint density at radius 1 is 1.30 bits per heavy atom. The van der Waals surface area contributed by atoms with E-state index in [2.05, 4.69) is 22.1 Å². The average molecular weight is 412 g/mol. The van der Waals surface area contributed by atoms with Gasteiger partial charge in [-0.25, -0.2) is 4.98 Å². The number of anilines is 1. The predicted molar refractivity (Wildman–Crippen MR) is 111 cm³/mol. The molecular weight excluding hydrogens is 384 g/mol. The number of nitrogens with two attached hydrogens (primary N) is 1. The van der Waals surface area contributed by atoms with Gasteiger partial charge in [-0.1, -0.05) is 12.2 Å². The Hall–Kier alpha value is -2.90. The van der Waals surface area contributed by atoms with Gasteiger partial charge in [0.2, 0.25) is 5.88 Å². The highest BCUT2D eigenvalue weighted by molar-refractivity contribution is 6.01. The van der Waals surface area contributed by atoms with Gasteiger partial charge in [0, 0.05) is 12.1 Å². The van der Waals surface area contributed by atoms with Gasteiger partial charge in [0.25, 0.3) is 5.91 Å². The fourth-order valence-electron chi connectivity index (χ4n) is 4.83. The first kappa shape index (κ1) is 20.4. The van der Waals surface area contributed by atoms with Crippen LogP contribution in [0.15, 0.2) is 23.9 Å². The summed E-state index contributed by atoms with van der Waals surface area (Å²) in [5, 5.41) is 8.99. The monoisotopic (exact) mass is 412 g/mol. The molecule has 1 aromatic heterocycles. The number of carbonyl (C=O) groups is 2. The number of aromatic nitrogens is 2. The molecule has 1 unspecified atom stereocenters. The molecule has 0 aromatic carbocycles. The van der Waals surface area contributed by atoms with Crippen LogP contribution in [0.4, 0.5) is 5.82 Å². The molecule has 1 aromatic rings. The zero-order valence-electron chi connectivity index (χ0n) is 17.2. The maximum Gasteiger partial charge on any atom is 0.303 e. The van der Waals surface area contributed by atoms with Crippen LogP contribution in [0.2, 0.25) is 0 Å². The van der Waals surface area contributed by atoms with E-state index in [1.807, 2.05) is 6.08 Å². The number of nitrogens with zero attached hydrogens (tertiary/aromatic N) is 3. The highest BCUT2D eigenvalue weighted by Gasteiger charge is 2.32. The standard InChI is InChI=1S/C22H28N4O4/c1-13-24-20(23)19-21(25-13)30-11-10-26(22(19)29)17-8-6-16(7-9-17)15-4-2-14(3-5-15)12-18(27)28/h6,8-9,14-16H,2-5,7,10-12H2,1H3,(H,27,28)(H2,23,24,25). The minimum absolute atomic E-state index is 0.144. The van der Waals surface area contributed by atoms with Crippen molar-refractivity contribution in [2.24, 2.45) is 17.8 Å². The number of aliphatic carboxylic acids is 1. The maximum atomic E-state index is 13.1. The molecule has 8 heteroatoms. The topological polar surface area (TPSA) is 119 Å². The van der Waals surface area contributed by atoms with Gasteiger partial charge in [0.05, 0.1) is 6.54 Å². The fraction of sp³-hybridized carbons (Fsp3) is 0.545. The second-order valence-electron chi connectivity index (χ2n) is 8.41. The van der Waals surface area contributed by atoms with Gasteiger partial charge in [-0.3, -0.25) is 9.59 Å². The fourth-order valence-corrected chi connectivity index (χ4v) is 4.83. The number of allylic oxidation sites excluding steroid dienone is 3. The predicted octanol–water partition coefficient (Wildman–Crippen LogP) is 2.94. The Bertz CT molecular complexity index is 903. The highest BCUT2D eigenvalue weighted by Crippen LogP contribution is 2.39. The minimum atomic E-state index is -0.697. The molecule has 0 saturated heterocycles. The van der Waals surface area contributed by atoms with Gasteiger partial charge in [-0.05, 0) is 62.9 Å². The smallest absolute Gasteiger partial charge is 0.303 e. The molecule has 1 amide bonds. The SMILES string of the molecule is Cc1nc(N)c2c(n1)OCCN(C1=CCC(C3CCC(CC(=O)O)CC3)C=C1)C2=O. The Morgan fingerprint density at radius 3 is 2.73 bits per heavy atom. The van der Waals surface area contributed by atoms with Crippen molar-refractivity contribution < 1.29 is 19.4 Å². The van der Waals surface area contributed by atoms with Crippen molar-refractivity contribution in [2.45, 2.75) is 45.4 Å². The Labute approximate surface area is 175 Å². The van der Waals surface area contributed by atoms with Crippen LogP contribution < -0.4 is 10.5 Å². The van der Waals surface area contributed by atoms with Crippen LogP contribution in [-0.4, -0.2) is 45.0 Å². The number of carbonyl (C=O) groups excluding carboxylic acids is 1. The Balaban J connectivity index is 1.42. The average Bonchev–Trinajstić information content (AvgIpc) is 2.87. The summed E-state index contributed by atoms with van der Waals surface area (Å²) in [6, 6.07) is 0. The first-order chi connectivity index (χ1) is 14.4. The Kier molecular flexibility index (Phi) is 5.74. The molecule has 1 saturated carbocycles. The van der Waals surface area contributed by atoms with Crippen molar-refractivity contribution in [2.75, 3.05) is 18.9 Å². The molecule has 0 radical (unpaired) electrons. The molecule has 0 spiro atoms. The molecule has 160 valence electrons. The molecular formula is C22H28N4O4. The number of hydrogen-bond acceptors (Lipinski definition) is 6. The number of hydrogen-bond donors (Lipinski definition) is 2. The molecule has 3 aliphatic rings. The van der Waals surface area contributed by atoms with Crippen molar-refractivity contribution in [1.82, 2.24) is 14.9 Å². The molecule has 30 heavy (non-hydrogen) atoms. The molecule has 8 nitrogen and oxygen atoms in total. The number of amides is 1. The van der Waals surface area contributed by atoms with E-state index in [0.717, 1.165) is 37.8 Å². The van der Waals surface area contributed by atoms with Gasteiger partial charge >= 0.3 is 5.97 Å². The van der Waals surface area contributed by atoms with E-state index in [4.69, 9.17) is 15.6 Å². The number of carboxylic acids is 1. The number of rotatable bonds is 4. The summed E-state index contributed by atoms with van der Waals surface area (Å²) in [5.41, 5.74) is 7.08. The summed E-state index contributed by atoms with van der Waals surface area (Å²) in [5.74, 6) is 1.26. The van der Waals surface area contributed by atoms with Gasteiger partial charge in [-0.15, -0.1) is 0 Å². The molecule has 2 aliphatic carbocycles. The van der Waals surface area contributed by atoms with Gasteiger partial charge in [-0.2, -0.15) is 4.98 Å².